The van der Waals surface area contributed by atoms with Crippen molar-refractivity contribution in [3.05, 3.63) is 82.1 Å². The quantitative estimate of drug-likeness (QED) is 0.845. The second-order valence-corrected chi connectivity index (χ2v) is 6.13. The van der Waals surface area contributed by atoms with Crippen LogP contribution >= 0.6 is 0 Å². The second kappa shape index (κ2) is 6.32. The number of aryl methyl sites for hydroxylation is 2. The smallest absolute Gasteiger partial charge is 0.319 e. The van der Waals surface area contributed by atoms with Gasteiger partial charge in [0, 0.05) is 16.8 Å². The van der Waals surface area contributed by atoms with Crippen LogP contribution in [0.4, 0.5) is 4.79 Å². The molecule has 0 bridgehead atoms. The first-order chi connectivity index (χ1) is 11.5. The van der Waals surface area contributed by atoms with E-state index < -0.39 is 6.04 Å². The third kappa shape index (κ3) is 2.95. The average molecular weight is 320 g/mol. The number of nitrogens with one attached hydrogen (secondary N) is 2. The van der Waals surface area contributed by atoms with Crippen molar-refractivity contribution >= 4 is 11.8 Å². The lowest BCUT2D eigenvalue weighted by atomic mass is 9.87. The van der Waals surface area contributed by atoms with E-state index in [2.05, 4.69) is 10.6 Å². The van der Waals surface area contributed by atoms with Crippen molar-refractivity contribution in [2.24, 2.45) is 0 Å². The van der Waals surface area contributed by atoms with Crippen molar-refractivity contribution in [3.8, 4) is 0 Å². The SMILES string of the molecule is CC1=C(C(=O)c2ccccc2)[C@H](c2cc(C)ccc2C)NC(=O)N1. The minimum absolute atomic E-state index is 0.0773. The summed E-state index contributed by atoms with van der Waals surface area (Å²) < 4.78 is 0. The fraction of sp³-hybridized carbons (Fsp3) is 0.200. The van der Waals surface area contributed by atoms with Gasteiger partial charge in [0.2, 0.25) is 0 Å². The number of Topliss-reactive ketones (excluding diaryl/α,β-unsaturated/α-hetero) is 1. The Balaban J connectivity index is 2.12. The number of rotatable bonds is 3. The molecule has 0 aromatic heterocycles. The monoisotopic (exact) mass is 320 g/mol. The zero-order valence-electron chi connectivity index (χ0n) is 14.0. The van der Waals surface area contributed by atoms with E-state index in [0.717, 1.165) is 16.7 Å². The Bertz CT molecular complexity index is 838. The first kappa shape index (κ1) is 16.0. The maximum atomic E-state index is 13.0. The first-order valence-electron chi connectivity index (χ1n) is 7.92. The van der Waals surface area contributed by atoms with Crippen molar-refractivity contribution in [2.45, 2.75) is 26.8 Å². The van der Waals surface area contributed by atoms with Gasteiger partial charge in [0.25, 0.3) is 0 Å². The van der Waals surface area contributed by atoms with Gasteiger partial charge in [-0.1, -0.05) is 54.1 Å². The number of amides is 2. The fourth-order valence-electron chi connectivity index (χ4n) is 3.04. The number of urea groups is 1. The Labute approximate surface area is 141 Å². The zero-order chi connectivity index (χ0) is 17.3. The molecule has 0 unspecified atom stereocenters. The molecule has 0 spiro atoms. The van der Waals surface area contributed by atoms with E-state index in [9.17, 15) is 9.59 Å². The summed E-state index contributed by atoms with van der Waals surface area (Å²) in [6.07, 6.45) is 0. The van der Waals surface area contributed by atoms with Gasteiger partial charge < -0.3 is 10.6 Å². The number of benzene rings is 2. The van der Waals surface area contributed by atoms with E-state index in [1.807, 2.05) is 50.2 Å². The molecule has 0 saturated carbocycles. The Kier molecular flexibility index (Phi) is 4.21. The first-order valence-corrected chi connectivity index (χ1v) is 7.92. The van der Waals surface area contributed by atoms with Crippen LogP contribution in [-0.4, -0.2) is 11.8 Å². The van der Waals surface area contributed by atoms with Crippen molar-refractivity contribution in [2.75, 3.05) is 0 Å². The highest BCUT2D eigenvalue weighted by molar-refractivity contribution is 6.11. The van der Waals surface area contributed by atoms with Crippen LogP contribution in [0.1, 0.15) is 40.0 Å². The van der Waals surface area contributed by atoms with Gasteiger partial charge in [-0.25, -0.2) is 4.79 Å². The highest BCUT2D eigenvalue weighted by Gasteiger charge is 2.32. The molecule has 1 aliphatic heterocycles. The number of ketones is 1. The van der Waals surface area contributed by atoms with E-state index in [1.165, 1.54) is 0 Å². The second-order valence-electron chi connectivity index (χ2n) is 6.13. The zero-order valence-corrected chi connectivity index (χ0v) is 14.0. The molecule has 2 aromatic carbocycles. The molecule has 2 N–H and O–H groups in total. The van der Waals surface area contributed by atoms with Crippen molar-refractivity contribution in [1.29, 1.82) is 0 Å². The Hall–Kier alpha value is -2.88. The van der Waals surface area contributed by atoms with Crippen LogP contribution in [0.15, 0.2) is 59.8 Å². The molecule has 1 heterocycles. The lowest BCUT2D eigenvalue weighted by Crippen LogP contribution is -2.45. The van der Waals surface area contributed by atoms with Gasteiger partial charge >= 0.3 is 6.03 Å². The Morgan fingerprint density at radius 1 is 1.00 bits per heavy atom. The number of carbonyl (C=O) groups is 2. The topological polar surface area (TPSA) is 58.2 Å². The van der Waals surface area contributed by atoms with Crippen LogP contribution in [0.3, 0.4) is 0 Å². The average Bonchev–Trinajstić information content (AvgIpc) is 2.56. The molecule has 4 nitrogen and oxygen atoms in total. The van der Waals surface area contributed by atoms with Gasteiger partial charge in [0.15, 0.2) is 5.78 Å². The summed E-state index contributed by atoms with van der Waals surface area (Å²) in [5.74, 6) is -0.0773. The van der Waals surface area contributed by atoms with E-state index in [-0.39, 0.29) is 11.8 Å². The minimum atomic E-state index is -0.452. The van der Waals surface area contributed by atoms with Gasteiger partial charge in [-0.05, 0) is 31.9 Å². The molecule has 2 aromatic rings. The highest BCUT2D eigenvalue weighted by atomic mass is 16.2. The molecule has 0 aliphatic carbocycles. The van der Waals surface area contributed by atoms with Gasteiger partial charge in [-0.3, -0.25) is 4.79 Å². The number of allylic oxidation sites excluding steroid dienone is 1. The van der Waals surface area contributed by atoms with Gasteiger partial charge in [-0.15, -0.1) is 0 Å². The van der Waals surface area contributed by atoms with Gasteiger partial charge in [-0.2, -0.15) is 0 Å². The molecule has 24 heavy (non-hydrogen) atoms. The molecule has 1 atom stereocenters. The lowest BCUT2D eigenvalue weighted by Gasteiger charge is -2.30. The van der Waals surface area contributed by atoms with Crippen molar-refractivity contribution < 1.29 is 9.59 Å². The number of hydrogen-bond donors (Lipinski definition) is 2. The molecule has 3 rings (SSSR count). The molecule has 2 amide bonds. The van der Waals surface area contributed by atoms with Gasteiger partial charge in [0.05, 0.1) is 6.04 Å². The standard InChI is InChI=1S/C20H20N2O2/c1-12-9-10-13(2)16(11-12)18-17(14(3)21-20(24)22-18)19(23)15-7-5-4-6-8-15/h4-11,18H,1-3H3,(H2,21,22,24)/t18-/m0/s1. The largest absolute Gasteiger partial charge is 0.327 e. The maximum Gasteiger partial charge on any atom is 0.319 e. The molecule has 0 saturated heterocycles. The van der Waals surface area contributed by atoms with E-state index in [1.54, 1.807) is 19.1 Å². The van der Waals surface area contributed by atoms with Crippen molar-refractivity contribution in [3.63, 3.8) is 0 Å². The summed E-state index contributed by atoms with van der Waals surface area (Å²) in [5, 5.41) is 5.63. The lowest BCUT2D eigenvalue weighted by molar-refractivity contribution is 0.102. The van der Waals surface area contributed by atoms with Crippen LogP contribution in [-0.2, 0) is 0 Å². The van der Waals surface area contributed by atoms with E-state index >= 15 is 0 Å². The van der Waals surface area contributed by atoms with Crippen LogP contribution in [0.5, 0.6) is 0 Å². The summed E-state index contributed by atoms with van der Waals surface area (Å²) in [4.78, 5) is 25.0. The fourth-order valence-corrected chi connectivity index (χ4v) is 3.04. The van der Waals surface area contributed by atoms with Crippen LogP contribution in [0, 0.1) is 13.8 Å². The van der Waals surface area contributed by atoms with Gasteiger partial charge in [0.1, 0.15) is 0 Å². The predicted octanol–water partition coefficient (Wildman–Crippen LogP) is 3.81. The van der Waals surface area contributed by atoms with E-state index in [4.69, 9.17) is 0 Å². The molecular weight excluding hydrogens is 300 g/mol. The summed E-state index contributed by atoms with van der Waals surface area (Å²) in [6.45, 7) is 5.76. The van der Waals surface area contributed by atoms with Crippen LogP contribution in [0.2, 0.25) is 0 Å². The maximum absolute atomic E-state index is 13.0. The summed E-state index contributed by atoms with van der Waals surface area (Å²) in [6, 6.07) is 14.5. The summed E-state index contributed by atoms with van der Waals surface area (Å²) in [7, 11) is 0. The van der Waals surface area contributed by atoms with E-state index in [0.29, 0.717) is 16.8 Å². The number of hydrogen-bond acceptors (Lipinski definition) is 2. The molecular formula is C20H20N2O2. The van der Waals surface area contributed by atoms with Crippen LogP contribution < -0.4 is 10.6 Å². The Morgan fingerprint density at radius 3 is 2.42 bits per heavy atom. The molecule has 4 heteroatoms. The highest BCUT2D eigenvalue weighted by Crippen LogP contribution is 2.31. The minimum Gasteiger partial charge on any atom is -0.327 e. The summed E-state index contributed by atoms with van der Waals surface area (Å²) in [5.41, 5.74) is 4.86. The summed E-state index contributed by atoms with van der Waals surface area (Å²) >= 11 is 0. The molecule has 0 fully saturated rings. The molecule has 122 valence electrons. The van der Waals surface area contributed by atoms with Crippen molar-refractivity contribution in [1.82, 2.24) is 10.6 Å². The molecule has 1 aliphatic rings. The predicted molar refractivity (Wildman–Crippen MR) is 93.8 cm³/mol. The van der Waals surface area contributed by atoms with Crippen LogP contribution in [0.25, 0.3) is 0 Å². The molecule has 0 radical (unpaired) electrons. The number of carbonyl (C=O) groups excluding carboxylic acids is 2. The third-order valence-electron chi connectivity index (χ3n) is 4.30. The third-order valence-corrected chi connectivity index (χ3v) is 4.30. The normalized spacial score (nSPS) is 17.3. The Morgan fingerprint density at radius 2 is 1.71 bits per heavy atom.